The smallest absolute Gasteiger partial charge is 0.128 e. The minimum Gasteiger partial charge on any atom is -0.358 e. The maximum Gasteiger partial charge on any atom is 0.128 e. The second-order valence-electron chi connectivity index (χ2n) is 5.97. The van der Waals surface area contributed by atoms with Gasteiger partial charge in [-0.25, -0.2) is 4.98 Å². The van der Waals surface area contributed by atoms with Gasteiger partial charge in [0.05, 0.1) is 5.02 Å². The van der Waals surface area contributed by atoms with Crippen molar-refractivity contribution in [2.45, 2.75) is 38.8 Å². The van der Waals surface area contributed by atoms with E-state index in [1.807, 2.05) is 0 Å². The summed E-state index contributed by atoms with van der Waals surface area (Å²) in [6.07, 6.45) is 5.48. The molecule has 0 radical (unpaired) electrons. The van der Waals surface area contributed by atoms with E-state index < -0.39 is 0 Å². The second-order valence-corrected chi connectivity index (χ2v) is 6.38. The molecule has 1 N–H and O–H groups in total. The molecular formula is C16H27ClN4. The van der Waals surface area contributed by atoms with Gasteiger partial charge in [0, 0.05) is 32.4 Å². The van der Waals surface area contributed by atoms with Crippen molar-refractivity contribution in [3.05, 3.63) is 22.8 Å². The number of pyridine rings is 1. The van der Waals surface area contributed by atoms with Crippen molar-refractivity contribution in [1.82, 2.24) is 15.2 Å². The number of rotatable bonds is 7. The maximum atomic E-state index is 6.24. The van der Waals surface area contributed by atoms with Crippen molar-refractivity contribution in [1.29, 1.82) is 0 Å². The Hall–Kier alpha value is -0.840. The first-order chi connectivity index (χ1) is 10.1. The SMILES string of the molecule is CCCNCc1cc(N(C)CC2CCCN2C)ncc1Cl. The maximum absolute atomic E-state index is 6.24. The summed E-state index contributed by atoms with van der Waals surface area (Å²) in [7, 11) is 4.33. The van der Waals surface area contributed by atoms with Crippen LogP contribution in [0.1, 0.15) is 31.7 Å². The monoisotopic (exact) mass is 310 g/mol. The molecule has 21 heavy (non-hydrogen) atoms. The lowest BCUT2D eigenvalue weighted by Gasteiger charge is -2.27. The average Bonchev–Trinajstić information content (AvgIpc) is 2.86. The zero-order chi connectivity index (χ0) is 15.2. The normalized spacial score (nSPS) is 19.1. The van der Waals surface area contributed by atoms with Crippen LogP contribution in [0.4, 0.5) is 5.82 Å². The summed E-state index contributed by atoms with van der Waals surface area (Å²) < 4.78 is 0. The molecule has 0 saturated carbocycles. The van der Waals surface area contributed by atoms with Gasteiger partial charge >= 0.3 is 0 Å². The Kier molecular flexibility index (Phi) is 6.27. The summed E-state index contributed by atoms with van der Waals surface area (Å²) in [5.74, 6) is 1.01. The summed E-state index contributed by atoms with van der Waals surface area (Å²) in [5, 5.41) is 4.14. The Morgan fingerprint density at radius 2 is 2.33 bits per heavy atom. The van der Waals surface area contributed by atoms with E-state index in [2.05, 4.69) is 47.2 Å². The minimum absolute atomic E-state index is 0.633. The number of likely N-dealkylation sites (N-methyl/N-ethyl adjacent to an activating group) is 2. The van der Waals surface area contributed by atoms with Crippen molar-refractivity contribution in [3.63, 3.8) is 0 Å². The summed E-state index contributed by atoms with van der Waals surface area (Å²) in [6.45, 7) is 6.21. The van der Waals surface area contributed by atoms with Crippen LogP contribution in [0.2, 0.25) is 5.02 Å². The Morgan fingerprint density at radius 1 is 1.52 bits per heavy atom. The highest BCUT2D eigenvalue weighted by Crippen LogP contribution is 2.22. The van der Waals surface area contributed by atoms with Gasteiger partial charge in [0.15, 0.2) is 0 Å². The molecule has 0 aliphatic carbocycles. The highest BCUT2D eigenvalue weighted by molar-refractivity contribution is 6.31. The van der Waals surface area contributed by atoms with Gasteiger partial charge in [-0.1, -0.05) is 18.5 Å². The Morgan fingerprint density at radius 3 is 3.00 bits per heavy atom. The molecule has 118 valence electrons. The van der Waals surface area contributed by atoms with Crippen molar-refractivity contribution in [2.24, 2.45) is 0 Å². The highest BCUT2D eigenvalue weighted by Gasteiger charge is 2.22. The van der Waals surface area contributed by atoms with Gasteiger partial charge in [-0.15, -0.1) is 0 Å². The highest BCUT2D eigenvalue weighted by atomic mass is 35.5. The van der Waals surface area contributed by atoms with Crippen LogP contribution < -0.4 is 10.2 Å². The molecule has 1 atom stereocenters. The first-order valence-electron chi connectivity index (χ1n) is 7.88. The number of nitrogens with zero attached hydrogens (tertiary/aromatic N) is 3. The van der Waals surface area contributed by atoms with E-state index in [4.69, 9.17) is 11.6 Å². The van der Waals surface area contributed by atoms with Crippen molar-refractivity contribution < 1.29 is 0 Å². The van der Waals surface area contributed by atoms with E-state index in [1.54, 1.807) is 6.20 Å². The largest absolute Gasteiger partial charge is 0.358 e. The number of nitrogens with one attached hydrogen (secondary N) is 1. The Balaban J connectivity index is 1.99. The predicted molar refractivity (Wildman–Crippen MR) is 90.2 cm³/mol. The van der Waals surface area contributed by atoms with Crippen LogP contribution in [0.5, 0.6) is 0 Å². The first-order valence-corrected chi connectivity index (χ1v) is 8.26. The van der Waals surface area contributed by atoms with E-state index in [0.717, 1.165) is 42.5 Å². The van der Waals surface area contributed by atoms with Gasteiger partial charge < -0.3 is 15.1 Å². The summed E-state index contributed by atoms with van der Waals surface area (Å²) in [5.41, 5.74) is 1.13. The zero-order valence-corrected chi connectivity index (χ0v) is 14.2. The fraction of sp³-hybridized carbons (Fsp3) is 0.688. The number of likely N-dealkylation sites (tertiary alicyclic amines) is 1. The number of aromatic nitrogens is 1. The summed E-state index contributed by atoms with van der Waals surface area (Å²) in [4.78, 5) is 9.16. The Bertz CT molecular complexity index is 452. The number of anilines is 1. The first kappa shape index (κ1) is 16.5. The lowest BCUT2D eigenvalue weighted by Crippen LogP contribution is -2.37. The van der Waals surface area contributed by atoms with Gasteiger partial charge in [-0.2, -0.15) is 0 Å². The van der Waals surface area contributed by atoms with Crippen molar-refractivity contribution in [2.75, 3.05) is 38.6 Å². The van der Waals surface area contributed by atoms with Gasteiger partial charge in [-0.3, -0.25) is 0 Å². The topological polar surface area (TPSA) is 31.4 Å². The van der Waals surface area contributed by atoms with E-state index in [1.165, 1.54) is 19.4 Å². The lowest BCUT2D eigenvalue weighted by atomic mass is 10.2. The third kappa shape index (κ3) is 4.56. The number of hydrogen-bond acceptors (Lipinski definition) is 4. The van der Waals surface area contributed by atoms with Crippen LogP contribution in [-0.4, -0.2) is 49.7 Å². The number of halogens is 1. The molecule has 2 rings (SSSR count). The summed E-state index contributed by atoms with van der Waals surface area (Å²) >= 11 is 6.24. The van der Waals surface area contributed by atoms with Crippen LogP contribution in [0.25, 0.3) is 0 Å². The third-order valence-corrected chi connectivity index (χ3v) is 4.55. The summed E-state index contributed by atoms with van der Waals surface area (Å²) in [6, 6.07) is 2.74. The van der Waals surface area contributed by atoms with E-state index in [0.29, 0.717) is 6.04 Å². The van der Waals surface area contributed by atoms with Crippen LogP contribution >= 0.6 is 11.6 Å². The van der Waals surface area contributed by atoms with E-state index >= 15 is 0 Å². The molecule has 5 heteroatoms. The molecule has 1 aliphatic heterocycles. The molecule has 2 heterocycles. The molecule has 0 bridgehead atoms. The molecule has 1 aliphatic rings. The zero-order valence-electron chi connectivity index (χ0n) is 13.4. The molecule has 1 aromatic rings. The standard InChI is InChI=1S/C16H27ClN4/c1-4-7-18-10-13-9-16(19-11-15(13)17)21(3)12-14-6-5-8-20(14)2/h9,11,14,18H,4-8,10,12H2,1-3H3. The van der Waals surface area contributed by atoms with Crippen LogP contribution in [0.15, 0.2) is 12.3 Å². The molecular weight excluding hydrogens is 284 g/mol. The molecule has 0 amide bonds. The van der Waals surface area contributed by atoms with E-state index in [9.17, 15) is 0 Å². The van der Waals surface area contributed by atoms with Crippen molar-refractivity contribution >= 4 is 17.4 Å². The molecule has 1 aromatic heterocycles. The second kappa shape index (κ2) is 7.97. The average molecular weight is 311 g/mol. The molecule has 0 spiro atoms. The molecule has 1 unspecified atom stereocenters. The number of hydrogen-bond donors (Lipinski definition) is 1. The van der Waals surface area contributed by atoms with Gasteiger partial charge in [-0.05, 0) is 51.0 Å². The predicted octanol–water partition coefficient (Wildman–Crippen LogP) is 2.77. The Labute approximate surface area is 133 Å². The fourth-order valence-electron chi connectivity index (χ4n) is 2.83. The van der Waals surface area contributed by atoms with Crippen LogP contribution in [-0.2, 0) is 6.54 Å². The van der Waals surface area contributed by atoms with Crippen LogP contribution in [0.3, 0.4) is 0 Å². The minimum atomic E-state index is 0.633. The van der Waals surface area contributed by atoms with E-state index in [-0.39, 0.29) is 0 Å². The van der Waals surface area contributed by atoms with Gasteiger partial charge in [0.25, 0.3) is 0 Å². The molecule has 1 saturated heterocycles. The quantitative estimate of drug-likeness (QED) is 0.785. The third-order valence-electron chi connectivity index (χ3n) is 4.21. The lowest BCUT2D eigenvalue weighted by molar-refractivity contribution is 0.314. The fourth-order valence-corrected chi connectivity index (χ4v) is 3.00. The van der Waals surface area contributed by atoms with Gasteiger partial charge in [0.1, 0.15) is 5.82 Å². The van der Waals surface area contributed by atoms with Crippen molar-refractivity contribution in [3.8, 4) is 0 Å². The van der Waals surface area contributed by atoms with Crippen LogP contribution in [0, 0.1) is 0 Å². The molecule has 4 nitrogen and oxygen atoms in total. The van der Waals surface area contributed by atoms with Gasteiger partial charge in [0.2, 0.25) is 0 Å². The molecule has 1 fully saturated rings. The molecule has 0 aromatic carbocycles.